The van der Waals surface area contributed by atoms with Crippen molar-refractivity contribution in [2.75, 3.05) is 5.32 Å². The number of furan rings is 1. The van der Waals surface area contributed by atoms with Crippen molar-refractivity contribution in [3.8, 4) is 0 Å². The fourth-order valence-electron chi connectivity index (χ4n) is 1.94. The minimum atomic E-state index is -0.0792. The van der Waals surface area contributed by atoms with E-state index in [4.69, 9.17) is 13.9 Å². The lowest BCUT2D eigenvalue weighted by Gasteiger charge is -2.03. The molecule has 0 spiro atoms. The minimum absolute atomic E-state index is 0.0792. The van der Waals surface area contributed by atoms with E-state index in [1.165, 1.54) is 0 Å². The third-order valence-corrected chi connectivity index (χ3v) is 2.83. The first-order valence-electron chi connectivity index (χ1n) is 6.04. The number of benzene rings is 1. The van der Waals surface area contributed by atoms with Crippen LogP contribution in [-0.4, -0.2) is 10.1 Å². The van der Waals surface area contributed by atoms with Crippen LogP contribution in [-0.2, 0) is 13.2 Å². The zero-order chi connectivity index (χ0) is 13.2. The number of hydrogen-bond donors (Lipinski definition) is 2. The van der Waals surface area contributed by atoms with Crippen LogP contribution in [0.4, 0.5) is 5.69 Å². The summed E-state index contributed by atoms with van der Waals surface area (Å²) in [5, 5.41) is 12.2. The summed E-state index contributed by atoms with van der Waals surface area (Å²) in [5.41, 5.74) is 2.56. The van der Waals surface area contributed by atoms with Gasteiger partial charge >= 0.3 is 0 Å². The third-order valence-electron chi connectivity index (χ3n) is 2.83. The minimum Gasteiger partial charge on any atom is -0.462 e. The predicted molar refractivity (Wildman–Crippen MR) is 70.7 cm³/mol. The number of nitrogens with one attached hydrogen (secondary N) is 1. The number of nitrogens with zero attached hydrogens (tertiary/aromatic N) is 1. The van der Waals surface area contributed by atoms with Gasteiger partial charge < -0.3 is 19.3 Å². The Morgan fingerprint density at radius 3 is 2.79 bits per heavy atom. The second-order valence-electron chi connectivity index (χ2n) is 4.30. The van der Waals surface area contributed by atoms with Gasteiger partial charge in [-0.3, -0.25) is 0 Å². The highest BCUT2D eigenvalue weighted by Crippen LogP contribution is 2.20. The summed E-state index contributed by atoms with van der Waals surface area (Å²) < 4.78 is 10.8. The highest BCUT2D eigenvalue weighted by molar-refractivity contribution is 5.77. The first kappa shape index (κ1) is 11.8. The number of oxazole rings is 1. The van der Waals surface area contributed by atoms with Crippen LogP contribution in [0.5, 0.6) is 0 Å². The molecule has 2 heterocycles. The average molecular weight is 258 g/mol. The molecule has 5 nitrogen and oxygen atoms in total. The molecule has 0 atom stereocenters. The molecule has 5 heteroatoms. The van der Waals surface area contributed by atoms with Crippen molar-refractivity contribution in [3.63, 3.8) is 0 Å². The molecule has 98 valence electrons. The van der Waals surface area contributed by atoms with Crippen LogP contribution in [0.25, 0.3) is 11.1 Å². The number of hydrogen-bond acceptors (Lipinski definition) is 5. The molecule has 2 aromatic heterocycles. The van der Waals surface area contributed by atoms with Crippen LogP contribution in [0.3, 0.4) is 0 Å². The van der Waals surface area contributed by atoms with E-state index in [1.54, 1.807) is 6.07 Å². The standard InChI is InChI=1S/C14H14N2O3/c1-9-16-13-6-10(2-5-14(13)18-9)15-7-11-3-4-12(8-17)19-11/h2-6,15,17H,7-8H2,1H3. The fraction of sp³-hybridized carbons (Fsp3) is 0.214. The van der Waals surface area contributed by atoms with E-state index in [-0.39, 0.29) is 6.61 Å². The highest BCUT2D eigenvalue weighted by Gasteiger charge is 2.04. The lowest BCUT2D eigenvalue weighted by atomic mass is 10.3. The van der Waals surface area contributed by atoms with E-state index >= 15 is 0 Å². The number of aromatic nitrogens is 1. The molecule has 0 aliphatic heterocycles. The number of aliphatic hydroxyl groups excluding tert-OH is 1. The van der Waals surface area contributed by atoms with Crippen molar-refractivity contribution >= 4 is 16.8 Å². The van der Waals surface area contributed by atoms with E-state index in [2.05, 4.69) is 10.3 Å². The molecule has 0 aliphatic rings. The first-order valence-corrected chi connectivity index (χ1v) is 6.04. The highest BCUT2D eigenvalue weighted by atomic mass is 16.4. The topological polar surface area (TPSA) is 71.4 Å². The van der Waals surface area contributed by atoms with Crippen molar-refractivity contribution < 1.29 is 13.9 Å². The van der Waals surface area contributed by atoms with Gasteiger partial charge in [0, 0.05) is 12.6 Å². The Labute approximate surface area is 109 Å². The van der Waals surface area contributed by atoms with Crippen molar-refractivity contribution in [1.82, 2.24) is 4.98 Å². The second kappa shape index (κ2) is 4.78. The van der Waals surface area contributed by atoms with Gasteiger partial charge in [-0.15, -0.1) is 0 Å². The van der Waals surface area contributed by atoms with Crippen LogP contribution < -0.4 is 5.32 Å². The molecule has 0 radical (unpaired) electrons. The van der Waals surface area contributed by atoms with Crippen molar-refractivity contribution in [3.05, 3.63) is 47.7 Å². The lowest BCUT2D eigenvalue weighted by Crippen LogP contribution is -1.97. The number of fused-ring (bicyclic) bond motifs is 1. The van der Waals surface area contributed by atoms with Gasteiger partial charge in [0.1, 0.15) is 23.6 Å². The van der Waals surface area contributed by atoms with Crippen LogP contribution >= 0.6 is 0 Å². The van der Waals surface area contributed by atoms with Crippen LogP contribution in [0.15, 0.2) is 39.2 Å². The van der Waals surface area contributed by atoms with Crippen LogP contribution in [0, 0.1) is 6.92 Å². The Morgan fingerprint density at radius 1 is 1.16 bits per heavy atom. The Balaban J connectivity index is 1.73. The molecule has 0 fully saturated rings. The smallest absolute Gasteiger partial charge is 0.192 e. The van der Waals surface area contributed by atoms with Crippen LogP contribution in [0.1, 0.15) is 17.4 Å². The van der Waals surface area contributed by atoms with E-state index in [1.807, 2.05) is 31.2 Å². The molecule has 19 heavy (non-hydrogen) atoms. The van der Waals surface area contributed by atoms with E-state index in [0.717, 1.165) is 22.5 Å². The Hall–Kier alpha value is -2.27. The molecule has 0 saturated carbocycles. The van der Waals surface area contributed by atoms with Gasteiger partial charge in [-0.1, -0.05) is 0 Å². The lowest BCUT2D eigenvalue weighted by molar-refractivity contribution is 0.244. The summed E-state index contributed by atoms with van der Waals surface area (Å²) in [6.45, 7) is 2.30. The third kappa shape index (κ3) is 2.46. The van der Waals surface area contributed by atoms with E-state index < -0.39 is 0 Å². The fourth-order valence-corrected chi connectivity index (χ4v) is 1.94. The molecule has 2 N–H and O–H groups in total. The summed E-state index contributed by atoms with van der Waals surface area (Å²) >= 11 is 0. The van der Waals surface area contributed by atoms with Crippen molar-refractivity contribution in [2.45, 2.75) is 20.1 Å². The summed E-state index contributed by atoms with van der Waals surface area (Å²) in [4.78, 5) is 4.28. The van der Waals surface area contributed by atoms with Gasteiger partial charge in [-0.2, -0.15) is 0 Å². The van der Waals surface area contributed by atoms with E-state index in [0.29, 0.717) is 18.2 Å². The summed E-state index contributed by atoms with van der Waals surface area (Å²) in [6, 6.07) is 9.36. The molecule has 0 saturated heterocycles. The van der Waals surface area contributed by atoms with Gasteiger partial charge in [0.25, 0.3) is 0 Å². The van der Waals surface area contributed by atoms with E-state index in [9.17, 15) is 0 Å². The molecule has 3 rings (SSSR count). The number of aryl methyl sites for hydroxylation is 1. The average Bonchev–Trinajstić information content (AvgIpc) is 3.00. The summed E-state index contributed by atoms with van der Waals surface area (Å²) in [6.07, 6.45) is 0. The maximum atomic E-state index is 8.92. The zero-order valence-electron chi connectivity index (χ0n) is 10.5. The molecular formula is C14H14N2O3. The quantitative estimate of drug-likeness (QED) is 0.753. The van der Waals surface area contributed by atoms with Crippen LogP contribution in [0.2, 0.25) is 0 Å². The van der Waals surface area contributed by atoms with Crippen molar-refractivity contribution in [2.24, 2.45) is 0 Å². The molecule has 3 aromatic rings. The molecule has 0 amide bonds. The SMILES string of the molecule is Cc1nc2cc(NCc3ccc(CO)o3)ccc2o1. The first-order chi connectivity index (χ1) is 9.24. The molecule has 0 bridgehead atoms. The Morgan fingerprint density at radius 2 is 2.00 bits per heavy atom. The normalized spacial score (nSPS) is 11.1. The van der Waals surface area contributed by atoms with Gasteiger partial charge in [0.15, 0.2) is 11.5 Å². The Bertz CT molecular complexity index is 700. The molecule has 1 aromatic carbocycles. The summed E-state index contributed by atoms with van der Waals surface area (Å²) in [7, 11) is 0. The monoisotopic (exact) mass is 258 g/mol. The predicted octanol–water partition coefficient (Wildman–Crippen LogP) is 2.83. The van der Waals surface area contributed by atoms with Crippen molar-refractivity contribution in [1.29, 1.82) is 0 Å². The maximum Gasteiger partial charge on any atom is 0.192 e. The Kier molecular flexibility index (Phi) is 2.97. The number of aliphatic hydroxyl groups is 1. The van der Waals surface area contributed by atoms with Gasteiger partial charge in [0.2, 0.25) is 0 Å². The maximum absolute atomic E-state index is 8.92. The molecule has 0 unspecified atom stereocenters. The number of rotatable bonds is 4. The largest absolute Gasteiger partial charge is 0.462 e. The number of anilines is 1. The van der Waals surface area contributed by atoms with Gasteiger partial charge in [-0.25, -0.2) is 4.98 Å². The van der Waals surface area contributed by atoms with Gasteiger partial charge in [0.05, 0.1) is 6.54 Å². The zero-order valence-corrected chi connectivity index (χ0v) is 10.5. The summed E-state index contributed by atoms with van der Waals surface area (Å²) in [5.74, 6) is 2.01. The second-order valence-corrected chi connectivity index (χ2v) is 4.30. The molecule has 0 aliphatic carbocycles. The molecular weight excluding hydrogens is 244 g/mol. The van der Waals surface area contributed by atoms with Gasteiger partial charge in [-0.05, 0) is 30.3 Å².